The average Bonchev–Trinajstić information content (AvgIpc) is 2.86. The minimum Gasteiger partial charge on any atom is -0.453 e. The first kappa shape index (κ1) is 25.7. The van der Waals surface area contributed by atoms with Crippen LogP contribution >= 0.6 is 0 Å². The number of amides is 1. The Labute approximate surface area is 204 Å². The second kappa shape index (κ2) is 12.5. The number of amidine groups is 1. The number of nitrogens with zero attached hydrogens (tertiary/aromatic N) is 2. The molecule has 3 rings (SSSR count). The maximum Gasteiger partial charge on any atom is 0.406 e. The van der Waals surface area contributed by atoms with Crippen molar-refractivity contribution in [2.45, 2.75) is 44.9 Å². The maximum atomic E-state index is 13.1. The summed E-state index contributed by atoms with van der Waals surface area (Å²) in [5.74, 6) is 12.7. The van der Waals surface area contributed by atoms with Gasteiger partial charge in [0.1, 0.15) is 0 Å². The number of hydrogen-bond donors (Lipinski definition) is 3. The Balaban J connectivity index is 1.65. The number of methoxy groups -OCH3 is 1. The van der Waals surface area contributed by atoms with Gasteiger partial charge >= 0.3 is 6.09 Å². The Bertz CT molecular complexity index is 1010. The van der Waals surface area contributed by atoms with Crippen LogP contribution in [0.4, 0.5) is 10.5 Å². The molecule has 0 fully saturated rings. The summed E-state index contributed by atoms with van der Waals surface area (Å²) in [6.45, 7) is 2.70. The monoisotopic (exact) mass is 485 g/mol. The Kier molecular flexibility index (Phi) is 9.47. The molecule has 34 heavy (non-hydrogen) atoms. The quantitative estimate of drug-likeness (QED) is 0.228. The second-order valence-electron chi connectivity index (χ2n) is 8.62. The van der Waals surface area contributed by atoms with Crippen LogP contribution in [0.3, 0.4) is 0 Å². The van der Waals surface area contributed by atoms with Crippen molar-refractivity contribution in [1.29, 1.82) is 0 Å². The van der Waals surface area contributed by atoms with Crippen LogP contribution in [0.15, 0.2) is 53.6 Å². The summed E-state index contributed by atoms with van der Waals surface area (Å²) in [5.41, 5.74) is 4.53. The molecule has 9 heteroatoms. The zero-order chi connectivity index (χ0) is 24.5. The van der Waals surface area contributed by atoms with Gasteiger partial charge in [0.05, 0.1) is 23.6 Å². The highest BCUT2D eigenvalue weighted by molar-refractivity contribution is 8.00. The van der Waals surface area contributed by atoms with Crippen molar-refractivity contribution in [3.05, 3.63) is 65.2 Å². The number of hydrazone groups is 1. The topological polar surface area (TPSA) is 123 Å². The van der Waals surface area contributed by atoms with E-state index in [1.165, 1.54) is 28.8 Å². The van der Waals surface area contributed by atoms with Crippen LogP contribution in [-0.2, 0) is 28.4 Å². The SMILES string of the molecule is CCC[C@@H](CNC(=O)OC)c1ccc2c(c1)CCC(CS(=O)/C(=N/N)N(N)c1ccccc1)C2. The number of ether oxygens (including phenoxy) is 1. The van der Waals surface area contributed by atoms with E-state index in [4.69, 9.17) is 16.4 Å². The van der Waals surface area contributed by atoms with E-state index in [0.29, 0.717) is 18.0 Å². The fourth-order valence-corrected chi connectivity index (χ4v) is 5.78. The number of carbonyl (C=O) groups is 1. The molecule has 0 aromatic heterocycles. The lowest BCUT2D eigenvalue weighted by molar-refractivity contribution is 0.170. The number of hydrazine groups is 1. The normalized spacial score (nSPS) is 17.4. The van der Waals surface area contributed by atoms with Crippen molar-refractivity contribution in [2.75, 3.05) is 24.4 Å². The van der Waals surface area contributed by atoms with Gasteiger partial charge in [-0.25, -0.2) is 10.6 Å². The first-order valence-electron chi connectivity index (χ1n) is 11.7. The van der Waals surface area contributed by atoms with Gasteiger partial charge < -0.3 is 15.9 Å². The van der Waals surface area contributed by atoms with Crippen LogP contribution in [0.2, 0.25) is 0 Å². The molecule has 0 bridgehead atoms. The van der Waals surface area contributed by atoms with E-state index in [1.807, 2.05) is 30.3 Å². The number of hydrogen-bond acceptors (Lipinski definition) is 6. The number of aryl methyl sites for hydroxylation is 1. The number of nitrogens with one attached hydrogen (secondary N) is 1. The summed E-state index contributed by atoms with van der Waals surface area (Å²) >= 11 is 0. The van der Waals surface area contributed by atoms with E-state index >= 15 is 0 Å². The van der Waals surface area contributed by atoms with Crippen molar-refractivity contribution >= 4 is 27.7 Å². The summed E-state index contributed by atoms with van der Waals surface area (Å²) in [4.78, 5) is 11.5. The van der Waals surface area contributed by atoms with E-state index in [9.17, 15) is 9.00 Å². The predicted octanol–water partition coefficient (Wildman–Crippen LogP) is 3.39. The highest BCUT2D eigenvalue weighted by Crippen LogP contribution is 2.30. The fourth-order valence-electron chi connectivity index (χ4n) is 4.48. The summed E-state index contributed by atoms with van der Waals surface area (Å²) in [7, 11) is -0.0350. The van der Waals surface area contributed by atoms with Crippen molar-refractivity contribution in [3.8, 4) is 0 Å². The summed E-state index contributed by atoms with van der Waals surface area (Å²) < 4.78 is 17.8. The van der Waals surface area contributed by atoms with Gasteiger partial charge in [-0.15, -0.1) is 0 Å². The molecule has 0 spiro atoms. The van der Waals surface area contributed by atoms with E-state index in [0.717, 1.165) is 32.1 Å². The molecule has 2 aromatic rings. The number of nitrogens with two attached hydrogens (primary N) is 2. The van der Waals surface area contributed by atoms with E-state index in [2.05, 4.69) is 35.5 Å². The molecule has 0 aliphatic heterocycles. The minimum atomic E-state index is -1.41. The fraction of sp³-hybridized carbons (Fsp3) is 0.440. The molecule has 0 radical (unpaired) electrons. The van der Waals surface area contributed by atoms with Gasteiger partial charge in [-0.2, -0.15) is 5.10 Å². The van der Waals surface area contributed by atoms with Gasteiger partial charge in [0, 0.05) is 18.2 Å². The van der Waals surface area contributed by atoms with Crippen molar-refractivity contribution in [3.63, 3.8) is 0 Å². The first-order valence-corrected chi connectivity index (χ1v) is 13.0. The molecule has 184 valence electrons. The zero-order valence-electron chi connectivity index (χ0n) is 19.9. The van der Waals surface area contributed by atoms with Gasteiger partial charge in [0.25, 0.3) is 0 Å². The van der Waals surface area contributed by atoms with Crippen LogP contribution in [-0.4, -0.2) is 34.9 Å². The smallest absolute Gasteiger partial charge is 0.406 e. The lowest BCUT2D eigenvalue weighted by Crippen LogP contribution is -2.42. The standard InChI is InChI=1S/C25H35N5O3S/c1-3-7-22(16-28-25(31)33-2)21-13-12-19-14-18(10-11-20(19)15-21)17-34(32)24(29-26)30(27)23-8-5-4-6-9-23/h4-6,8-9,12-13,15,18,22H,3,7,10-11,14,16-17,26-27H2,1-2H3,(H,28,31)/b29-24+/t18?,22-,34?/m0/s1. The predicted molar refractivity (Wildman–Crippen MR) is 138 cm³/mol. The number of para-hydroxylation sites is 1. The van der Waals surface area contributed by atoms with Crippen LogP contribution in [0.1, 0.15) is 48.8 Å². The summed E-state index contributed by atoms with van der Waals surface area (Å²) in [5, 5.41) is 8.04. The third-order valence-corrected chi connectivity index (χ3v) is 7.77. The average molecular weight is 486 g/mol. The lowest BCUT2D eigenvalue weighted by Gasteiger charge is -2.27. The largest absolute Gasteiger partial charge is 0.453 e. The van der Waals surface area contributed by atoms with E-state index in [1.54, 1.807) is 0 Å². The maximum absolute atomic E-state index is 13.1. The van der Waals surface area contributed by atoms with Crippen LogP contribution in [0.25, 0.3) is 0 Å². The summed E-state index contributed by atoms with van der Waals surface area (Å²) in [6.07, 6.45) is 4.34. The molecule has 2 aromatic carbocycles. The number of anilines is 1. The Hall–Kier alpha value is -2.91. The minimum absolute atomic E-state index is 0.174. The van der Waals surface area contributed by atoms with Gasteiger partial charge in [-0.1, -0.05) is 49.7 Å². The van der Waals surface area contributed by atoms with Gasteiger partial charge in [0.2, 0.25) is 5.17 Å². The first-order chi connectivity index (χ1) is 16.5. The molecule has 5 N–H and O–H groups in total. The molecule has 0 saturated heterocycles. The highest BCUT2D eigenvalue weighted by Gasteiger charge is 2.25. The van der Waals surface area contributed by atoms with Gasteiger partial charge in [-0.05, 0) is 60.4 Å². The number of fused-ring (bicyclic) bond motifs is 1. The molecule has 3 atom stereocenters. The number of alkyl carbamates (subject to hydrolysis) is 1. The molecular formula is C25H35N5O3S. The lowest BCUT2D eigenvalue weighted by atomic mass is 9.82. The molecule has 1 aliphatic carbocycles. The zero-order valence-corrected chi connectivity index (χ0v) is 20.7. The Morgan fingerprint density at radius 2 is 2.03 bits per heavy atom. The molecule has 8 nitrogen and oxygen atoms in total. The number of benzene rings is 2. The van der Waals surface area contributed by atoms with E-state index in [-0.39, 0.29) is 17.0 Å². The third-order valence-electron chi connectivity index (χ3n) is 6.29. The van der Waals surface area contributed by atoms with Crippen LogP contribution < -0.4 is 22.0 Å². The van der Waals surface area contributed by atoms with Crippen LogP contribution in [0.5, 0.6) is 0 Å². The molecule has 2 unspecified atom stereocenters. The van der Waals surface area contributed by atoms with Crippen molar-refractivity contribution < 1.29 is 13.7 Å². The molecule has 0 saturated carbocycles. The van der Waals surface area contributed by atoms with Gasteiger partial charge in [-0.3, -0.25) is 9.22 Å². The molecule has 1 aliphatic rings. The Morgan fingerprint density at radius 3 is 2.71 bits per heavy atom. The Morgan fingerprint density at radius 1 is 1.26 bits per heavy atom. The third kappa shape index (κ3) is 6.57. The van der Waals surface area contributed by atoms with Crippen LogP contribution in [0, 0.1) is 5.92 Å². The van der Waals surface area contributed by atoms with Crippen molar-refractivity contribution in [1.82, 2.24) is 5.32 Å². The second-order valence-corrected chi connectivity index (χ2v) is 10.0. The van der Waals surface area contributed by atoms with E-state index < -0.39 is 16.9 Å². The molecule has 0 heterocycles. The highest BCUT2D eigenvalue weighted by atomic mass is 32.2. The van der Waals surface area contributed by atoms with Crippen molar-refractivity contribution in [2.24, 2.45) is 22.7 Å². The molecule has 1 amide bonds. The molecular weight excluding hydrogens is 450 g/mol. The number of carbonyl (C=O) groups excluding carboxylic acids is 1. The summed E-state index contributed by atoms with van der Waals surface area (Å²) in [6, 6.07) is 15.8. The number of rotatable bonds is 8. The van der Waals surface area contributed by atoms with Gasteiger partial charge in [0.15, 0.2) is 0 Å².